The van der Waals surface area contributed by atoms with Gasteiger partial charge in [-0.05, 0) is 44.9 Å². The van der Waals surface area contributed by atoms with E-state index >= 15 is 0 Å². The summed E-state index contributed by atoms with van der Waals surface area (Å²) in [5.41, 5.74) is -0.242. The lowest BCUT2D eigenvalue weighted by atomic mass is 10.0. The first-order chi connectivity index (χ1) is 15.9. The molecule has 1 aliphatic heterocycles. The third kappa shape index (κ3) is 7.36. The number of halogens is 2. The second kappa shape index (κ2) is 12.3. The number of unbranched alkanes of at least 4 members (excludes halogenated alkanes) is 3. The molecule has 1 N–H and O–H groups in total. The van der Waals surface area contributed by atoms with Gasteiger partial charge in [0, 0.05) is 24.9 Å². The minimum Gasteiger partial charge on any atom is -0.462 e. The number of nitrogens with zero attached hydrogens (tertiary/aromatic N) is 1. The molecule has 1 saturated heterocycles. The first-order valence-electron chi connectivity index (χ1n) is 12.2. The van der Waals surface area contributed by atoms with Gasteiger partial charge in [0.05, 0.1) is 6.04 Å². The number of carbonyl (C=O) groups is 2. The van der Waals surface area contributed by atoms with Crippen LogP contribution in [0.25, 0.3) is 0 Å². The van der Waals surface area contributed by atoms with Crippen LogP contribution < -0.4 is 0 Å². The van der Waals surface area contributed by atoms with Gasteiger partial charge in [-0.1, -0.05) is 55.3 Å². The summed E-state index contributed by atoms with van der Waals surface area (Å²) in [7, 11) is 0. The van der Waals surface area contributed by atoms with E-state index in [1.165, 1.54) is 30.3 Å². The van der Waals surface area contributed by atoms with Crippen LogP contribution in [0.15, 0.2) is 42.5 Å². The number of likely N-dealkylation sites (tertiary alicyclic amines) is 1. The number of amides is 1. The first-order valence-corrected chi connectivity index (χ1v) is 12.2. The fourth-order valence-electron chi connectivity index (χ4n) is 4.59. The van der Waals surface area contributed by atoms with Crippen LogP contribution in [0.3, 0.4) is 0 Å². The topological polar surface area (TPSA) is 66.8 Å². The van der Waals surface area contributed by atoms with Crippen molar-refractivity contribution in [3.05, 3.63) is 48.0 Å². The maximum atomic E-state index is 14.5. The molecule has 2 atom stereocenters. The summed E-state index contributed by atoms with van der Waals surface area (Å²) in [4.78, 5) is 25.8. The number of aliphatic hydroxyl groups is 1. The van der Waals surface area contributed by atoms with E-state index in [9.17, 15) is 23.5 Å². The van der Waals surface area contributed by atoms with Crippen LogP contribution in [0.2, 0.25) is 0 Å². The van der Waals surface area contributed by atoms with Crippen molar-refractivity contribution in [3.8, 4) is 0 Å². The van der Waals surface area contributed by atoms with Crippen LogP contribution in [0.5, 0.6) is 0 Å². The summed E-state index contributed by atoms with van der Waals surface area (Å²) in [6.45, 7) is 0.547. The van der Waals surface area contributed by atoms with Crippen molar-refractivity contribution in [2.75, 3.05) is 6.54 Å². The summed E-state index contributed by atoms with van der Waals surface area (Å²) in [5.74, 6) is -3.51. The summed E-state index contributed by atoms with van der Waals surface area (Å²) in [6.07, 6.45) is 9.71. The number of hydrogen-bond acceptors (Lipinski definition) is 4. The van der Waals surface area contributed by atoms with Crippen LogP contribution in [0, 0.1) is 0 Å². The molecular weight excluding hydrogens is 428 g/mol. The SMILES string of the molecule is O=C(CCCCCCN1C(=O)CC[C@@H]1/C=C/[C@@H](O)C(F)(F)c1ccccc1)OC1CCCC1. The number of carbonyl (C=O) groups excluding carboxylic acids is 2. The Morgan fingerprint density at radius 2 is 1.82 bits per heavy atom. The average molecular weight is 464 g/mol. The summed E-state index contributed by atoms with van der Waals surface area (Å²) in [6, 6.07) is 6.96. The highest BCUT2D eigenvalue weighted by atomic mass is 19.3. The van der Waals surface area contributed by atoms with Gasteiger partial charge in [-0.2, -0.15) is 8.78 Å². The van der Waals surface area contributed by atoms with Gasteiger partial charge in [0.1, 0.15) is 12.2 Å². The zero-order chi connectivity index (χ0) is 23.7. The Labute approximate surface area is 194 Å². The number of ether oxygens (including phenoxy) is 1. The van der Waals surface area contributed by atoms with Crippen LogP contribution in [-0.2, 0) is 20.2 Å². The standard InChI is InChI=1S/C26H35F2NO4/c27-26(28,20-10-4-3-5-11-20)23(30)17-15-21-16-18-24(31)29(21)19-9-2-1-6-14-25(32)33-22-12-7-8-13-22/h3-5,10-11,15,17,21-23,30H,1-2,6-9,12-14,16,18-19H2/b17-15+/t21-,23+/m0/s1. The van der Waals surface area contributed by atoms with Gasteiger partial charge in [-0.25, -0.2) is 0 Å². The maximum absolute atomic E-state index is 14.5. The van der Waals surface area contributed by atoms with Crippen molar-refractivity contribution in [2.24, 2.45) is 0 Å². The highest BCUT2D eigenvalue weighted by Gasteiger charge is 2.39. The number of rotatable bonds is 12. The molecule has 2 aliphatic rings. The van der Waals surface area contributed by atoms with Gasteiger partial charge in [0.25, 0.3) is 0 Å². The fourth-order valence-corrected chi connectivity index (χ4v) is 4.59. The predicted octanol–water partition coefficient (Wildman–Crippen LogP) is 5.12. The maximum Gasteiger partial charge on any atom is 0.306 e. The number of benzene rings is 1. The number of aliphatic hydroxyl groups excluding tert-OH is 1. The zero-order valence-electron chi connectivity index (χ0n) is 19.1. The molecule has 1 aromatic rings. The Kier molecular flexibility index (Phi) is 9.41. The normalized spacial score (nSPS) is 20.6. The Balaban J connectivity index is 1.38. The van der Waals surface area contributed by atoms with E-state index in [1.54, 1.807) is 11.0 Å². The van der Waals surface area contributed by atoms with Gasteiger partial charge in [-0.3, -0.25) is 9.59 Å². The summed E-state index contributed by atoms with van der Waals surface area (Å²) >= 11 is 0. The van der Waals surface area contributed by atoms with Crippen molar-refractivity contribution in [2.45, 2.75) is 94.8 Å². The Hall–Kier alpha value is -2.28. The molecule has 0 unspecified atom stereocenters. The monoisotopic (exact) mass is 463 g/mol. The van der Waals surface area contributed by atoms with Crippen molar-refractivity contribution in [1.29, 1.82) is 0 Å². The van der Waals surface area contributed by atoms with Crippen LogP contribution in [0.1, 0.15) is 76.2 Å². The minimum absolute atomic E-state index is 0.00843. The molecule has 0 bridgehead atoms. The van der Waals surface area contributed by atoms with E-state index in [1.807, 2.05) is 0 Å². The molecule has 3 rings (SSSR count). The van der Waals surface area contributed by atoms with Gasteiger partial charge in [0.15, 0.2) is 0 Å². The Morgan fingerprint density at radius 3 is 2.55 bits per heavy atom. The lowest BCUT2D eigenvalue weighted by Gasteiger charge is -2.24. The molecule has 2 fully saturated rings. The van der Waals surface area contributed by atoms with Gasteiger partial charge in [-0.15, -0.1) is 0 Å². The third-order valence-electron chi connectivity index (χ3n) is 6.55. The van der Waals surface area contributed by atoms with Crippen LogP contribution in [-0.4, -0.2) is 46.7 Å². The molecule has 1 amide bonds. The van der Waals surface area contributed by atoms with Crippen LogP contribution >= 0.6 is 0 Å². The molecule has 5 nitrogen and oxygen atoms in total. The van der Waals surface area contributed by atoms with E-state index < -0.39 is 12.0 Å². The molecule has 0 aromatic heterocycles. The van der Waals surface area contributed by atoms with E-state index in [-0.39, 0.29) is 29.6 Å². The van der Waals surface area contributed by atoms with E-state index in [0.29, 0.717) is 25.8 Å². The highest BCUT2D eigenvalue weighted by molar-refractivity contribution is 5.79. The van der Waals surface area contributed by atoms with Crippen molar-refractivity contribution in [3.63, 3.8) is 0 Å². The molecule has 182 valence electrons. The molecule has 1 saturated carbocycles. The molecule has 1 aromatic carbocycles. The minimum atomic E-state index is -3.40. The van der Waals surface area contributed by atoms with E-state index in [0.717, 1.165) is 57.4 Å². The van der Waals surface area contributed by atoms with E-state index in [4.69, 9.17) is 4.74 Å². The zero-order valence-corrected chi connectivity index (χ0v) is 19.1. The second-order valence-corrected chi connectivity index (χ2v) is 9.07. The second-order valence-electron chi connectivity index (χ2n) is 9.07. The fraction of sp³-hybridized carbons (Fsp3) is 0.615. The molecule has 0 spiro atoms. The molecule has 33 heavy (non-hydrogen) atoms. The van der Waals surface area contributed by atoms with Crippen molar-refractivity contribution in [1.82, 2.24) is 4.90 Å². The van der Waals surface area contributed by atoms with Gasteiger partial charge in [0.2, 0.25) is 5.91 Å². The number of hydrogen-bond donors (Lipinski definition) is 1. The molecular formula is C26H35F2NO4. The highest BCUT2D eigenvalue weighted by Crippen LogP contribution is 2.33. The third-order valence-corrected chi connectivity index (χ3v) is 6.55. The number of esters is 1. The average Bonchev–Trinajstić information content (AvgIpc) is 3.44. The lowest BCUT2D eigenvalue weighted by Crippen LogP contribution is -2.34. The summed E-state index contributed by atoms with van der Waals surface area (Å²) < 4.78 is 34.4. The molecule has 7 heteroatoms. The van der Waals surface area contributed by atoms with Crippen LogP contribution in [0.4, 0.5) is 8.78 Å². The Bertz CT molecular complexity index is 793. The Morgan fingerprint density at radius 1 is 1.12 bits per heavy atom. The van der Waals surface area contributed by atoms with Crippen molar-refractivity contribution >= 4 is 11.9 Å². The van der Waals surface area contributed by atoms with Crippen molar-refractivity contribution < 1.29 is 28.2 Å². The van der Waals surface area contributed by atoms with Gasteiger partial charge < -0.3 is 14.7 Å². The quantitative estimate of drug-likeness (QED) is 0.265. The number of alkyl halides is 2. The van der Waals surface area contributed by atoms with E-state index in [2.05, 4.69) is 0 Å². The smallest absolute Gasteiger partial charge is 0.306 e. The first kappa shape index (κ1) is 25.3. The molecule has 1 heterocycles. The largest absolute Gasteiger partial charge is 0.462 e. The lowest BCUT2D eigenvalue weighted by molar-refractivity contribution is -0.148. The van der Waals surface area contributed by atoms with Gasteiger partial charge >= 0.3 is 11.9 Å². The predicted molar refractivity (Wildman–Crippen MR) is 122 cm³/mol. The molecule has 0 radical (unpaired) electrons. The molecule has 1 aliphatic carbocycles. The summed E-state index contributed by atoms with van der Waals surface area (Å²) in [5, 5.41) is 10.1.